The Balaban J connectivity index is 0. The summed E-state index contributed by atoms with van der Waals surface area (Å²) in [6.07, 6.45) is 17.6. The van der Waals surface area contributed by atoms with E-state index in [0.29, 0.717) is 0 Å². The van der Waals surface area contributed by atoms with Crippen molar-refractivity contribution in [3.05, 3.63) is 88.2 Å². The van der Waals surface area contributed by atoms with Crippen molar-refractivity contribution in [3.63, 3.8) is 0 Å². The van der Waals surface area contributed by atoms with Crippen LogP contribution in [0.2, 0.25) is 0 Å². The zero-order valence-electron chi connectivity index (χ0n) is 25.7. The number of unbranched alkanes of at least 4 members (excludes halogenated alkanes) is 4. The van der Waals surface area contributed by atoms with Crippen molar-refractivity contribution < 1.29 is 54.3 Å². The van der Waals surface area contributed by atoms with Gasteiger partial charge in [0.25, 0.3) is 0 Å². The predicted molar refractivity (Wildman–Crippen MR) is 166 cm³/mol. The largest absolute Gasteiger partial charge is 3.00 e. The molecule has 0 aliphatic carbocycles. The first kappa shape index (κ1) is 42.5. The van der Waals surface area contributed by atoms with E-state index in [1.165, 1.54) is 73.6 Å². The molecule has 0 aliphatic rings. The van der Waals surface area contributed by atoms with Crippen LogP contribution in [-0.4, -0.2) is 17.4 Å². The molecule has 0 aliphatic heterocycles. The van der Waals surface area contributed by atoms with Crippen molar-refractivity contribution in [3.8, 4) is 0 Å². The minimum Gasteiger partial charge on any atom is -1.00 e. The van der Waals surface area contributed by atoms with Crippen molar-refractivity contribution in [1.82, 2.24) is 4.98 Å². The van der Waals surface area contributed by atoms with Crippen LogP contribution in [-0.2, 0) is 42.8 Å². The third-order valence-electron chi connectivity index (χ3n) is 7.05. The Kier molecular flexibility index (Phi) is 25.0. The number of halogens is 3. The van der Waals surface area contributed by atoms with Crippen LogP contribution in [0, 0.1) is 0 Å². The molecule has 2 aromatic carbocycles. The topological polar surface area (TPSA) is 37.6 Å². The summed E-state index contributed by atoms with van der Waals surface area (Å²) >= 11 is 0. The fourth-order valence-corrected chi connectivity index (χ4v) is 4.77. The molecule has 0 N–H and O–H groups in total. The summed E-state index contributed by atoms with van der Waals surface area (Å²) in [7, 11) is 0. The van der Waals surface area contributed by atoms with Crippen molar-refractivity contribution in [2.75, 3.05) is 0 Å². The van der Waals surface area contributed by atoms with Gasteiger partial charge in [-0.2, -0.15) is 0 Å². The molecule has 1 aromatic heterocycles. The average molecular weight is 672 g/mol. The van der Waals surface area contributed by atoms with E-state index in [0.717, 1.165) is 48.4 Å². The van der Waals surface area contributed by atoms with E-state index in [9.17, 15) is 0 Å². The number of hydrogen-bond acceptors (Lipinski definition) is 3. The van der Waals surface area contributed by atoms with Gasteiger partial charge in [0.05, 0.1) is 35.2 Å². The van der Waals surface area contributed by atoms with Crippen LogP contribution in [0.1, 0.15) is 113 Å². The number of aromatic nitrogens is 1. The number of pyridine rings is 1. The van der Waals surface area contributed by atoms with Gasteiger partial charge in [-0.25, -0.2) is 4.98 Å². The van der Waals surface area contributed by atoms with Gasteiger partial charge < -0.3 is 37.2 Å². The van der Waals surface area contributed by atoms with Gasteiger partial charge in [-0.15, -0.1) is 0 Å². The molecule has 3 rings (SSSR count). The zero-order valence-corrected chi connectivity index (χ0v) is 29.0. The summed E-state index contributed by atoms with van der Waals surface area (Å²) in [6, 6.07) is 19.4. The first-order valence-electron chi connectivity index (χ1n) is 15.0. The molecule has 0 amide bonds. The maximum absolute atomic E-state index is 5.01. The van der Waals surface area contributed by atoms with Crippen LogP contribution in [0.4, 0.5) is 11.4 Å². The molecule has 0 saturated heterocycles. The van der Waals surface area contributed by atoms with E-state index >= 15 is 0 Å². The first-order chi connectivity index (χ1) is 18.7. The molecule has 42 heavy (non-hydrogen) atoms. The number of hydrogen-bond donors (Lipinski definition) is 0. The van der Waals surface area contributed by atoms with Gasteiger partial charge in [-0.1, -0.05) is 95.8 Å². The van der Waals surface area contributed by atoms with Gasteiger partial charge >= 0.3 is 17.1 Å². The smallest absolute Gasteiger partial charge is 1.00 e. The second kappa shape index (κ2) is 24.7. The minimum absolute atomic E-state index is 0. The molecule has 0 unspecified atom stereocenters. The number of rotatable bonds is 16. The van der Waals surface area contributed by atoms with Crippen LogP contribution in [0.3, 0.4) is 0 Å². The summed E-state index contributed by atoms with van der Waals surface area (Å²) in [6.45, 7) is 8.98. The molecule has 0 spiro atoms. The third-order valence-corrected chi connectivity index (χ3v) is 7.05. The third kappa shape index (κ3) is 13.7. The number of benzene rings is 2. The Morgan fingerprint density at radius 1 is 0.500 bits per heavy atom. The van der Waals surface area contributed by atoms with E-state index < -0.39 is 0 Å². The van der Waals surface area contributed by atoms with Crippen LogP contribution in [0.5, 0.6) is 0 Å². The number of para-hydroxylation sites is 2. The Morgan fingerprint density at radius 2 is 0.786 bits per heavy atom. The van der Waals surface area contributed by atoms with Gasteiger partial charge in [0.2, 0.25) is 0 Å². The quantitative estimate of drug-likeness (QED) is 0.165. The van der Waals surface area contributed by atoms with Crippen molar-refractivity contribution in [2.24, 2.45) is 9.98 Å². The number of aryl methyl sites for hydroxylation is 4. The predicted octanol–water partition coefficient (Wildman–Crippen LogP) is 0.963. The summed E-state index contributed by atoms with van der Waals surface area (Å²) in [4.78, 5) is 14.9. The molecule has 1 radical (unpaired) electrons. The van der Waals surface area contributed by atoms with Gasteiger partial charge in [0.15, 0.2) is 0 Å². The van der Waals surface area contributed by atoms with E-state index in [2.05, 4.69) is 70.2 Å². The van der Waals surface area contributed by atoms with Crippen LogP contribution < -0.4 is 37.2 Å². The number of nitrogens with zero attached hydrogens (tertiary/aromatic N) is 3. The van der Waals surface area contributed by atoms with Gasteiger partial charge in [0.1, 0.15) is 0 Å². The van der Waals surface area contributed by atoms with Gasteiger partial charge in [-0.3, -0.25) is 9.98 Å². The Labute approximate surface area is 284 Å². The van der Waals surface area contributed by atoms with E-state index in [-0.39, 0.29) is 54.3 Å². The Hall–Kier alpha value is -1.68. The monoisotopic (exact) mass is 670 g/mol. The van der Waals surface area contributed by atoms with E-state index in [1.807, 2.05) is 24.6 Å². The maximum Gasteiger partial charge on any atom is 3.00 e. The standard InChI is InChI=1S/C35H47N3.3ClH.Fe/c1-5-9-16-28-20-13-21-29(17-10-6-2)34(28)36-26-32-24-15-25-33(38-32)27-37-35-30(18-11-7-3)22-14-23-31(35)19-12-8-4;;;;/h13-15,20-27H,5-12,16-19H2,1-4H3;3*1H;/q;;;;+3/p-3. The average Bonchev–Trinajstić information content (AvgIpc) is 2.95. The molecule has 231 valence electrons. The van der Waals surface area contributed by atoms with Gasteiger partial charge in [0, 0.05) is 0 Å². The summed E-state index contributed by atoms with van der Waals surface area (Å²) in [5.41, 5.74) is 9.39. The molecule has 0 fully saturated rings. The van der Waals surface area contributed by atoms with Crippen molar-refractivity contribution in [1.29, 1.82) is 0 Å². The van der Waals surface area contributed by atoms with Crippen LogP contribution in [0.15, 0.2) is 64.6 Å². The van der Waals surface area contributed by atoms with Crippen LogP contribution in [0.25, 0.3) is 0 Å². The summed E-state index contributed by atoms with van der Waals surface area (Å²) in [5.74, 6) is 0. The summed E-state index contributed by atoms with van der Waals surface area (Å²) < 4.78 is 0. The number of aliphatic imine (C=N–C) groups is 2. The normalized spacial score (nSPS) is 10.6. The minimum atomic E-state index is 0. The van der Waals surface area contributed by atoms with E-state index in [1.54, 1.807) is 0 Å². The second-order valence-electron chi connectivity index (χ2n) is 10.3. The molecule has 0 bridgehead atoms. The van der Waals surface area contributed by atoms with Crippen molar-refractivity contribution >= 4 is 23.8 Å². The molecule has 3 nitrogen and oxygen atoms in total. The molecular weight excluding hydrogens is 625 g/mol. The molecule has 0 atom stereocenters. The van der Waals surface area contributed by atoms with Crippen LogP contribution >= 0.6 is 0 Å². The summed E-state index contributed by atoms with van der Waals surface area (Å²) in [5, 5.41) is 0. The van der Waals surface area contributed by atoms with Crippen molar-refractivity contribution in [2.45, 2.75) is 105 Å². The van der Waals surface area contributed by atoms with Gasteiger partial charge in [-0.05, 0) is 85.8 Å². The molecule has 1 heterocycles. The Bertz CT molecular complexity index is 1060. The molecule has 7 heteroatoms. The van der Waals surface area contributed by atoms with E-state index in [4.69, 9.17) is 15.0 Å². The first-order valence-corrected chi connectivity index (χ1v) is 15.0. The zero-order chi connectivity index (χ0) is 27.0. The molecule has 3 aromatic rings. The fraction of sp³-hybridized carbons (Fsp3) is 0.457. The SMILES string of the molecule is CCCCc1cccc(CCCC)c1N=Cc1cccc(C=Nc2c(CCCC)cccc2CCCC)n1.[Cl-].[Cl-].[Cl-].[Fe+3]. The molecule has 0 saturated carbocycles. The Morgan fingerprint density at radius 3 is 1.07 bits per heavy atom. The maximum atomic E-state index is 5.01. The fourth-order valence-electron chi connectivity index (χ4n) is 4.77. The second-order valence-corrected chi connectivity index (χ2v) is 10.3. The molecular formula is C35H47Cl3FeN3.